The summed E-state index contributed by atoms with van der Waals surface area (Å²) < 4.78 is 0. The van der Waals surface area contributed by atoms with Crippen molar-refractivity contribution in [1.82, 2.24) is 0 Å². The predicted octanol–water partition coefficient (Wildman–Crippen LogP) is 3.92. The van der Waals surface area contributed by atoms with Gasteiger partial charge >= 0.3 is 0 Å². The zero-order chi connectivity index (χ0) is 12.3. The van der Waals surface area contributed by atoms with Crippen LogP contribution in [0.15, 0.2) is 48.5 Å². The van der Waals surface area contributed by atoms with Crippen LogP contribution >= 0.6 is 11.6 Å². The first-order chi connectivity index (χ1) is 8.18. The van der Waals surface area contributed by atoms with Crippen LogP contribution in [0.5, 0.6) is 0 Å². The van der Waals surface area contributed by atoms with Crippen molar-refractivity contribution < 1.29 is 5.11 Å². The van der Waals surface area contributed by atoms with Gasteiger partial charge in [0.1, 0.15) is 0 Å². The molecule has 0 saturated carbocycles. The van der Waals surface area contributed by atoms with Gasteiger partial charge in [0.2, 0.25) is 0 Å². The van der Waals surface area contributed by atoms with Crippen LogP contribution in [0.4, 0.5) is 0 Å². The quantitative estimate of drug-likeness (QED) is 0.870. The van der Waals surface area contributed by atoms with Crippen molar-refractivity contribution in [3.8, 4) is 0 Å². The maximum absolute atomic E-state index is 10.2. The van der Waals surface area contributed by atoms with Crippen molar-refractivity contribution >= 4 is 11.6 Å². The average Bonchev–Trinajstić information content (AvgIpc) is 2.32. The Bertz CT molecular complexity index is 508. The van der Waals surface area contributed by atoms with Gasteiger partial charge in [0.05, 0.1) is 6.10 Å². The van der Waals surface area contributed by atoms with E-state index in [1.807, 2.05) is 55.5 Å². The average molecular weight is 247 g/mol. The van der Waals surface area contributed by atoms with Crippen molar-refractivity contribution in [2.45, 2.75) is 19.4 Å². The minimum absolute atomic E-state index is 0.504. The summed E-state index contributed by atoms with van der Waals surface area (Å²) in [4.78, 5) is 0. The third-order valence-corrected chi connectivity index (χ3v) is 3.29. The molecule has 17 heavy (non-hydrogen) atoms. The van der Waals surface area contributed by atoms with Crippen molar-refractivity contribution in [3.63, 3.8) is 0 Å². The molecule has 2 heteroatoms. The molecule has 0 spiro atoms. The summed E-state index contributed by atoms with van der Waals surface area (Å²) in [5.41, 5.74) is 3.05. The van der Waals surface area contributed by atoms with Gasteiger partial charge < -0.3 is 5.11 Å². The fourth-order valence-electron chi connectivity index (χ4n) is 1.94. The van der Waals surface area contributed by atoms with Crippen LogP contribution in [0.1, 0.15) is 22.8 Å². The second-order valence-corrected chi connectivity index (χ2v) is 4.58. The van der Waals surface area contributed by atoms with Gasteiger partial charge in [-0.1, -0.05) is 54.1 Å². The Morgan fingerprint density at radius 2 is 1.71 bits per heavy atom. The minimum Gasteiger partial charge on any atom is -0.388 e. The van der Waals surface area contributed by atoms with E-state index >= 15 is 0 Å². The highest BCUT2D eigenvalue weighted by molar-refractivity contribution is 6.31. The molecule has 2 rings (SSSR count). The van der Waals surface area contributed by atoms with Gasteiger partial charge in [-0.25, -0.2) is 0 Å². The molecule has 1 nitrogen and oxygen atoms in total. The Morgan fingerprint density at radius 1 is 1.06 bits per heavy atom. The van der Waals surface area contributed by atoms with E-state index in [-0.39, 0.29) is 0 Å². The normalized spacial score (nSPS) is 12.4. The number of hydrogen-bond acceptors (Lipinski definition) is 1. The maximum atomic E-state index is 10.2. The molecule has 88 valence electrons. The standard InChI is InChI=1S/C15H15ClO/c1-11-6-2-4-8-13(11)15(17)10-12-7-3-5-9-14(12)16/h2-9,15,17H,10H2,1H3. The molecular weight excluding hydrogens is 232 g/mol. The molecule has 0 aliphatic rings. The van der Waals surface area contributed by atoms with E-state index < -0.39 is 6.10 Å². The molecule has 2 aromatic rings. The molecule has 0 saturated heterocycles. The molecule has 0 amide bonds. The molecule has 0 aromatic heterocycles. The van der Waals surface area contributed by atoms with Crippen molar-refractivity contribution in [2.75, 3.05) is 0 Å². The lowest BCUT2D eigenvalue weighted by atomic mass is 9.98. The number of aryl methyl sites for hydroxylation is 1. The number of benzene rings is 2. The Kier molecular flexibility index (Phi) is 3.82. The minimum atomic E-state index is -0.504. The summed E-state index contributed by atoms with van der Waals surface area (Å²) in [5, 5.41) is 10.9. The van der Waals surface area contributed by atoms with Gasteiger partial charge in [0, 0.05) is 11.4 Å². The molecule has 2 aromatic carbocycles. The molecular formula is C15H15ClO. The molecule has 0 heterocycles. The Morgan fingerprint density at radius 3 is 2.41 bits per heavy atom. The van der Waals surface area contributed by atoms with E-state index in [1.165, 1.54) is 0 Å². The topological polar surface area (TPSA) is 20.2 Å². The highest BCUT2D eigenvalue weighted by Crippen LogP contribution is 2.24. The van der Waals surface area contributed by atoms with Crippen LogP contribution in [0.3, 0.4) is 0 Å². The van der Waals surface area contributed by atoms with Crippen molar-refractivity contribution in [1.29, 1.82) is 0 Å². The monoisotopic (exact) mass is 246 g/mol. The molecule has 0 aliphatic heterocycles. The lowest BCUT2D eigenvalue weighted by Gasteiger charge is -2.14. The van der Waals surface area contributed by atoms with Crippen LogP contribution < -0.4 is 0 Å². The van der Waals surface area contributed by atoms with Gasteiger partial charge in [-0.3, -0.25) is 0 Å². The highest BCUT2D eigenvalue weighted by atomic mass is 35.5. The summed E-state index contributed by atoms with van der Waals surface area (Å²) in [7, 11) is 0. The first-order valence-electron chi connectivity index (χ1n) is 5.65. The molecule has 0 fully saturated rings. The fourth-order valence-corrected chi connectivity index (χ4v) is 2.16. The van der Waals surface area contributed by atoms with Gasteiger partial charge in [-0.15, -0.1) is 0 Å². The van der Waals surface area contributed by atoms with Crippen molar-refractivity contribution in [3.05, 3.63) is 70.2 Å². The van der Waals surface area contributed by atoms with Crippen LogP contribution in [0.25, 0.3) is 0 Å². The van der Waals surface area contributed by atoms with E-state index in [0.717, 1.165) is 16.7 Å². The Hall–Kier alpha value is -1.31. The molecule has 1 N–H and O–H groups in total. The first kappa shape index (κ1) is 12.2. The van der Waals surface area contributed by atoms with Crippen LogP contribution in [0, 0.1) is 6.92 Å². The van der Waals surface area contributed by atoms with Gasteiger partial charge in [0.25, 0.3) is 0 Å². The predicted molar refractivity (Wildman–Crippen MR) is 71.3 cm³/mol. The number of aliphatic hydroxyl groups excluding tert-OH is 1. The zero-order valence-electron chi connectivity index (χ0n) is 9.73. The van der Waals surface area contributed by atoms with Crippen LogP contribution in [-0.2, 0) is 6.42 Å². The third-order valence-electron chi connectivity index (χ3n) is 2.92. The molecule has 0 bridgehead atoms. The lowest BCUT2D eigenvalue weighted by molar-refractivity contribution is 0.178. The Labute approximate surface area is 107 Å². The van der Waals surface area contributed by atoms with Gasteiger partial charge in [-0.2, -0.15) is 0 Å². The highest BCUT2D eigenvalue weighted by Gasteiger charge is 2.12. The third kappa shape index (κ3) is 2.87. The SMILES string of the molecule is Cc1ccccc1C(O)Cc1ccccc1Cl. The first-order valence-corrected chi connectivity index (χ1v) is 6.03. The molecule has 1 unspecified atom stereocenters. The van der Waals surface area contributed by atoms with Crippen molar-refractivity contribution in [2.24, 2.45) is 0 Å². The second-order valence-electron chi connectivity index (χ2n) is 4.17. The smallest absolute Gasteiger partial charge is 0.0833 e. The molecule has 0 aliphatic carbocycles. The molecule has 1 atom stereocenters. The summed E-state index contributed by atoms with van der Waals surface area (Å²) >= 11 is 6.08. The molecule has 0 radical (unpaired) electrons. The van der Waals surface area contributed by atoms with E-state index in [0.29, 0.717) is 11.4 Å². The van der Waals surface area contributed by atoms with E-state index in [4.69, 9.17) is 11.6 Å². The van der Waals surface area contributed by atoms with Crippen LogP contribution in [-0.4, -0.2) is 5.11 Å². The van der Waals surface area contributed by atoms with Crippen LogP contribution in [0.2, 0.25) is 5.02 Å². The number of rotatable bonds is 3. The maximum Gasteiger partial charge on any atom is 0.0833 e. The number of halogens is 1. The largest absolute Gasteiger partial charge is 0.388 e. The van der Waals surface area contributed by atoms with Gasteiger partial charge in [-0.05, 0) is 29.7 Å². The fraction of sp³-hybridized carbons (Fsp3) is 0.200. The summed E-state index contributed by atoms with van der Waals surface area (Å²) in [6.45, 7) is 2.01. The summed E-state index contributed by atoms with van der Waals surface area (Å²) in [5.74, 6) is 0. The lowest BCUT2D eigenvalue weighted by Crippen LogP contribution is -2.04. The number of hydrogen-bond donors (Lipinski definition) is 1. The second kappa shape index (κ2) is 5.35. The zero-order valence-corrected chi connectivity index (χ0v) is 10.5. The van der Waals surface area contributed by atoms with E-state index in [9.17, 15) is 5.11 Å². The summed E-state index contributed by atoms with van der Waals surface area (Å²) in [6, 6.07) is 15.5. The number of aliphatic hydroxyl groups is 1. The van der Waals surface area contributed by atoms with Gasteiger partial charge in [0.15, 0.2) is 0 Å². The van der Waals surface area contributed by atoms with E-state index in [2.05, 4.69) is 0 Å². The summed E-state index contributed by atoms with van der Waals surface area (Å²) in [6.07, 6.45) is 0.0425. The van der Waals surface area contributed by atoms with E-state index in [1.54, 1.807) is 0 Å². The Balaban J connectivity index is 2.20.